The maximum absolute atomic E-state index is 13.3. The van der Waals surface area contributed by atoms with Gasteiger partial charge < -0.3 is 9.31 Å². The molecule has 4 aromatic rings. The zero-order valence-corrected chi connectivity index (χ0v) is 21.7. The Bertz CT molecular complexity index is 1490. The summed E-state index contributed by atoms with van der Waals surface area (Å²) in [4.78, 5) is 0. The second-order valence-electron chi connectivity index (χ2n) is 10.8. The van der Waals surface area contributed by atoms with Crippen LogP contribution >= 0.6 is 0 Å². The van der Waals surface area contributed by atoms with E-state index in [9.17, 15) is 26.3 Å². The molecule has 1 aliphatic heterocycles. The fourth-order valence-electron chi connectivity index (χ4n) is 4.55. The normalized spacial score (nSPS) is 17.1. The van der Waals surface area contributed by atoms with Crippen LogP contribution in [-0.4, -0.2) is 18.3 Å². The van der Waals surface area contributed by atoms with Crippen LogP contribution < -0.4 is 5.46 Å². The average molecular weight is 542 g/mol. The van der Waals surface area contributed by atoms with Gasteiger partial charge in [-0.1, -0.05) is 54.6 Å². The fourth-order valence-corrected chi connectivity index (χ4v) is 4.55. The molecule has 1 saturated heterocycles. The summed E-state index contributed by atoms with van der Waals surface area (Å²) >= 11 is 0. The van der Waals surface area contributed by atoms with Crippen LogP contribution in [0.15, 0.2) is 78.9 Å². The first kappa shape index (κ1) is 27.3. The Kier molecular flexibility index (Phi) is 6.39. The van der Waals surface area contributed by atoms with E-state index < -0.39 is 41.8 Å². The van der Waals surface area contributed by atoms with E-state index >= 15 is 0 Å². The molecule has 1 fully saturated rings. The predicted octanol–water partition coefficient (Wildman–Crippen LogP) is 8.51. The first-order chi connectivity index (χ1) is 18.0. The van der Waals surface area contributed by atoms with Crippen LogP contribution in [0.2, 0.25) is 0 Å². The van der Waals surface area contributed by atoms with Gasteiger partial charge in [-0.3, -0.25) is 0 Å². The van der Waals surface area contributed by atoms with Crippen LogP contribution in [0.5, 0.6) is 0 Å². The van der Waals surface area contributed by atoms with Crippen molar-refractivity contribution in [2.75, 3.05) is 0 Å². The average Bonchev–Trinajstić information content (AvgIpc) is 3.08. The van der Waals surface area contributed by atoms with Gasteiger partial charge in [0.15, 0.2) is 0 Å². The van der Waals surface area contributed by atoms with Crippen molar-refractivity contribution in [3.8, 4) is 22.3 Å². The highest BCUT2D eigenvalue weighted by molar-refractivity contribution is 6.62. The van der Waals surface area contributed by atoms with Gasteiger partial charge in [0, 0.05) is 0 Å². The van der Waals surface area contributed by atoms with Gasteiger partial charge >= 0.3 is 19.5 Å². The molecule has 0 bridgehead atoms. The van der Waals surface area contributed by atoms with Crippen molar-refractivity contribution in [2.24, 2.45) is 0 Å². The third-order valence-electron chi connectivity index (χ3n) is 7.53. The van der Waals surface area contributed by atoms with Gasteiger partial charge in [0.25, 0.3) is 0 Å². The lowest BCUT2D eigenvalue weighted by Gasteiger charge is -2.32. The van der Waals surface area contributed by atoms with Crippen LogP contribution in [0.25, 0.3) is 33.0 Å². The molecule has 1 aliphatic rings. The Morgan fingerprint density at radius 3 is 1.46 bits per heavy atom. The standard InChI is InChI=1S/C30H25BF6O2/c1-27(2)28(3,4)39-31(38-27)26-12-11-21-13-20(9-10-22(21)16-26)18-5-7-19(8-6-18)23-14-24(29(32,33)34)17-25(15-23)30(35,36)37/h5-17H,1-4H3. The molecule has 1 heterocycles. The summed E-state index contributed by atoms with van der Waals surface area (Å²) in [5, 5.41) is 1.94. The molecule has 0 atom stereocenters. The highest BCUT2D eigenvalue weighted by atomic mass is 19.4. The minimum atomic E-state index is -4.90. The Morgan fingerprint density at radius 2 is 0.949 bits per heavy atom. The number of hydrogen-bond donors (Lipinski definition) is 0. The maximum atomic E-state index is 13.3. The van der Waals surface area contributed by atoms with Crippen molar-refractivity contribution < 1.29 is 35.7 Å². The zero-order valence-electron chi connectivity index (χ0n) is 21.7. The monoisotopic (exact) mass is 542 g/mol. The fraction of sp³-hybridized carbons (Fsp3) is 0.267. The van der Waals surface area contributed by atoms with Gasteiger partial charge in [-0.2, -0.15) is 26.3 Å². The van der Waals surface area contributed by atoms with Gasteiger partial charge in [-0.15, -0.1) is 0 Å². The zero-order chi connectivity index (χ0) is 28.4. The van der Waals surface area contributed by atoms with Crippen molar-refractivity contribution in [2.45, 2.75) is 51.2 Å². The third kappa shape index (κ3) is 5.30. The van der Waals surface area contributed by atoms with Gasteiger partial charge in [-0.05, 0) is 90.4 Å². The lowest BCUT2D eigenvalue weighted by Crippen LogP contribution is -2.41. The molecule has 0 saturated carbocycles. The molecule has 0 radical (unpaired) electrons. The number of halogens is 6. The minimum absolute atomic E-state index is 0.130. The highest BCUT2D eigenvalue weighted by Gasteiger charge is 2.51. The van der Waals surface area contributed by atoms with E-state index in [2.05, 4.69) is 0 Å². The number of alkyl halides is 6. The number of fused-ring (bicyclic) bond motifs is 1. The van der Waals surface area contributed by atoms with Crippen LogP contribution in [0.1, 0.15) is 38.8 Å². The van der Waals surface area contributed by atoms with Crippen LogP contribution in [0.3, 0.4) is 0 Å². The molecule has 2 nitrogen and oxygen atoms in total. The van der Waals surface area contributed by atoms with Gasteiger partial charge in [-0.25, -0.2) is 0 Å². The van der Waals surface area contributed by atoms with Crippen molar-refractivity contribution in [3.05, 3.63) is 90.0 Å². The minimum Gasteiger partial charge on any atom is -0.399 e. The summed E-state index contributed by atoms with van der Waals surface area (Å²) in [5.41, 5.74) is -0.957. The highest BCUT2D eigenvalue weighted by Crippen LogP contribution is 2.39. The molecule has 9 heteroatoms. The molecule has 0 N–H and O–H groups in total. The largest absolute Gasteiger partial charge is 0.494 e. The Morgan fingerprint density at radius 1 is 0.513 bits per heavy atom. The summed E-state index contributed by atoms with van der Waals surface area (Å²) in [6, 6.07) is 19.8. The quantitative estimate of drug-likeness (QED) is 0.191. The molecule has 0 unspecified atom stereocenters. The van der Waals surface area contributed by atoms with E-state index in [0.717, 1.165) is 39.5 Å². The van der Waals surface area contributed by atoms with E-state index in [1.54, 1.807) is 12.1 Å². The molecule has 202 valence electrons. The van der Waals surface area contributed by atoms with Crippen LogP contribution in [-0.2, 0) is 21.7 Å². The summed E-state index contributed by atoms with van der Waals surface area (Å²) < 4.78 is 91.9. The van der Waals surface area contributed by atoms with Crippen LogP contribution in [0.4, 0.5) is 26.3 Å². The van der Waals surface area contributed by atoms with E-state index in [4.69, 9.17) is 9.31 Å². The number of rotatable bonds is 3. The third-order valence-corrected chi connectivity index (χ3v) is 7.53. The van der Waals surface area contributed by atoms with Gasteiger partial charge in [0.1, 0.15) is 0 Å². The van der Waals surface area contributed by atoms with Crippen molar-refractivity contribution in [3.63, 3.8) is 0 Å². The summed E-state index contributed by atoms with van der Waals surface area (Å²) in [6.45, 7) is 7.98. The Balaban J connectivity index is 1.43. The topological polar surface area (TPSA) is 18.5 Å². The SMILES string of the molecule is CC1(C)OB(c2ccc3cc(-c4ccc(-c5cc(C(F)(F)F)cc(C(F)(F)F)c5)cc4)ccc3c2)OC1(C)C. The Labute approximate surface area is 222 Å². The second kappa shape index (κ2) is 9.13. The number of hydrogen-bond acceptors (Lipinski definition) is 2. The predicted molar refractivity (Wildman–Crippen MR) is 141 cm³/mol. The maximum Gasteiger partial charge on any atom is 0.494 e. The smallest absolute Gasteiger partial charge is 0.399 e. The summed E-state index contributed by atoms with van der Waals surface area (Å²) in [6.07, 6.45) is -9.80. The lowest BCUT2D eigenvalue weighted by atomic mass is 9.78. The molecule has 39 heavy (non-hydrogen) atoms. The molecule has 0 amide bonds. The van der Waals surface area contributed by atoms with Gasteiger partial charge in [0.05, 0.1) is 22.3 Å². The summed E-state index contributed by atoms with van der Waals surface area (Å²) in [7, 11) is -0.486. The van der Waals surface area contributed by atoms with Crippen molar-refractivity contribution >= 4 is 23.4 Å². The molecule has 0 aliphatic carbocycles. The van der Waals surface area contributed by atoms with E-state index in [0.29, 0.717) is 0 Å². The van der Waals surface area contributed by atoms with Crippen molar-refractivity contribution in [1.29, 1.82) is 0 Å². The van der Waals surface area contributed by atoms with E-state index in [1.807, 2.05) is 64.1 Å². The van der Waals surface area contributed by atoms with E-state index in [-0.39, 0.29) is 17.2 Å². The molecule has 0 spiro atoms. The second-order valence-corrected chi connectivity index (χ2v) is 10.8. The van der Waals surface area contributed by atoms with Gasteiger partial charge in [0.2, 0.25) is 0 Å². The molecule has 0 aromatic heterocycles. The molecular weight excluding hydrogens is 517 g/mol. The lowest BCUT2D eigenvalue weighted by molar-refractivity contribution is -0.143. The van der Waals surface area contributed by atoms with Crippen molar-refractivity contribution in [1.82, 2.24) is 0 Å². The Hall–Kier alpha value is -3.30. The van der Waals surface area contributed by atoms with Crippen LogP contribution in [0, 0.1) is 0 Å². The molecular formula is C30H25BF6O2. The number of benzene rings is 4. The first-order valence-corrected chi connectivity index (χ1v) is 12.3. The molecule has 5 rings (SSSR count). The first-order valence-electron chi connectivity index (χ1n) is 12.3. The van der Waals surface area contributed by atoms with E-state index in [1.165, 1.54) is 12.1 Å². The molecule has 4 aromatic carbocycles. The summed E-state index contributed by atoms with van der Waals surface area (Å²) in [5.74, 6) is 0.